The number of hydrogen-bond acceptors (Lipinski definition) is 3. The number of nitrogens with two attached hydrogens (primary N) is 1. The molecule has 1 saturated heterocycles. The van der Waals surface area contributed by atoms with Crippen molar-refractivity contribution in [2.75, 3.05) is 24.6 Å². The number of halogens is 1. The van der Waals surface area contributed by atoms with Gasteiger partial charge in [-0.05, 0) is 25.5 Å². The van der Waals surface area contributed by atoms with Crippen LogP contribution in [-0.2, 0) is 11.3 Å². The number of anilines is 1. The molecule has 94 valence electrons. The Hall–Kier alpha value is -0.580. The topological polar surface area (TPSA) is 38.5 Å². The first kappa shape index (κ1) is 12.9. The number of hydrogen-bond donors (Lipinski definition) is 1. The summed E-state index contributed by atoms with van der Waals surface area (Å²) in [5.41, 5.74) is 8.26. The first-order chi connectivity index (χ1) is 8.22. The summed E-state index contributed by atoms with van der Waals surface area (Å²) in [5.74, 6) is 0. The van der Waals surface area contributed by atoms with Crippen LogP contribution in [-0.4, -0.2) is 25.8 Å². The van der Waals surface area contributed by atoms with Crippen molar-refractivity contribution < 1.29 is 4.74 Å². The van der Waals surface area contributed by atoms with E-state index in [0.29, 0.717) is 6.54 Å². The zero-order valence-electron chi connectivity index (χ0n) is 10.2. The number of ether oxygens (including phenoxy) is 1. The molecule has 1 unspecified atom stereocenters. The summed E-state index contributed by atoms with van der Waals surface area (Å²) in [6.07, 6.45) is 1.35. The maximum atomic E-state index is 5.84. The van der Waals surface area contributed by atoms with Crippen LogP contribution < -0.4 is 10.6 Å². The van der Waals surface area contributed by atoms with Gasteiger partial charge in [-0.15, -0.1) is 0 Å². The third kappa shape index (κ3) is 3.00. The SMILES string of the molecule is CC1CN(c2cccc(Br)c2CN)CCCO1. The molecule has 0 spiro atoms. The van der Waals surface area contributed by atoms with Crippen molar-refractivity contribution in [2.45, 2.75) is 26.0 Å². The van der Waals surface area contributed by atoms with Crippen LogP contribution in [0.1, 0.15) is 18.9 Å². The lowest BCUT2D eigenvalue weighted by molar-refractivity contribution is 0.0821. The Morgan fingerprint density at radius 3 is 3.12 bits per heavy atom. The lowest BCUT2D eigenvalue weighted by Crippen LogP contribution is -2.31. The number of rotatable bonds is 2. The van der Waals surface area contributed by atoms with Crippen molar-refractivity contribution in [1.29, 1.82) is 0 Å². The van der Waals surface area contributed by atoms with Gasteiger partial charge in [0.2, 0.25) is 0 Å². The predicted molar refractivity (Wildman–Crippen MR) is 74.3 cm³/mol. The second-order valence-corrected chi connectivity index (χ2v) is 5.28. The van der Waals surface area contributed by atoms with Gasteiger partial charge in [0.05, 0.1) is 6.10 Å². The Labute approximate surface area is 111 Å². The molecular formula is C13H19BrN2O. The van der Waals surface area contributed by atoms with E-state index in [-0.39, 0.29) is 6.10 Å². The van der Waals surface area contributed by atoms with Crippen LogP contribution >= 0.6 is 15.9 Å². The summed E-state index contributed by atoms with van der Waals surface area (Å²) in [6.45, 7) is 5.50. The number of nitrogens with zero attached hydrogens (tertiary/aromatic N) is 1. The third-order valence-corrected chi connectivity index (χ3v) is 3.83. The van der Waals surface area contributed by atoms with Crippen LogP contribution in [0.3, 0.4) is 0 Å². The van der Waals surface area contributed by atoms with E-state index >= 15 is 0 Å². The second-order valence-electron chi connectivity index (χ2n) is 4.42. The lowest BCUT2D eigenvalue weighted by Gasteiger charge is -2.27. The minimum atomic E-state index is 0.280. The molecule has 0 bridgehead atoms. The second kappa shape index (κ2) is 5.85. The highest BCUT2D eigenvalue weighted by Gasteiger charge is 2.18. The molecule has 1 aromatic carbocycles. The number of benzene rings is 1. The summed E-state index contributed by atoms with van der Waals surface area (Å²) in [6, 6.07) is 6.25. The lowest BCUT2D eigenvalue weighted by atomic mass is 10.1. The minimum Gasteiger partial charge on any atom is -0.377 e. The van der Waals surface area contributed by atoms with Gasteiger partial charge < -0.3 is 15.4 Å². The van der Waals surface area contributed by atoms with E-state index in [0.717, 1.165) is 30.6 Å². The molecule has 1 fully saturated rings. The first-order valence-electron chi connectivity index (χ1n) is 6.06. The van der Waals surface area contributed by atoms with Crippen LogP contribution in [0, 0.1) is 0 Å². The maximum absolute atomic E-state index is 5.84. The standard InChI is InChI=1S/C13H19BrN2O/c1-10-9-16(6-3-7-17-10)13-5-2-4-12(14)11(13)8-15/h2,4-5,10H,3,6-9,15H2,1H3. The fourth-order valence-electron chi connectivity index (χ4n) is 2.26. The molecule has 1 aromatic rings. The smallest absolute Gasteiger partial charge is 0.0721 e. The van der Waals surface area contributed by atoms with Crippen LogP contribution in [0.5, 0.6) is 0 Å². The van der Waals surface area contributed by atoms with Gasteiger partial charge in [-0.2, -0.15) is 0 Å². The van der Waals surface area contributed by atoms with E-state index in [1.165, 1.54) is 11.3 Å². The van der Waals surface area contributed by atoms with Gasteiger partial charge in [-0.3, -0.25) is 0 Å². The Kier molecular flexibility index (Phi) is 4.42. The highest BCUT2D eigenvalue weighted by Crippen LogP contribution is 2.28. The average Bonchev–Trinajstić information content (AvgIpc) is 2.53. The molecule has 1 aliphatic rings. The van der Waals surface area contributed by atoms with Crippen LogP contribution in [0.4, 0.5) is 5.69 Å². The molecule has 0 saturated carbocycles. The van der Waals surface area contributed by atoms with E-state index in [1.807, 2.05) is 6.07 Å². The summed E-state index contributed by atoms with van der Waals surface area (Å²) in [4.78, 5) is 2.38. The third-order valence-electron chi connectivity index (χ3n) is 3.09. The normalized spacial score (nSPS) is 21.4. The molecular weight excluding hydrogens is 280 g/mol. The van der Waals surface area contributed by atoms with Crippen molar-refractivity contribution in [3.8, 4) is 0 Å². The summed E-state index contributed by atoms with van der Waals surface area (Å²) < 4.78 is 6.77. The Bertz CT molecular complexity index is 384. The van der Waals surface area contributed by atoms with Gasteiger partial charge >= 0.3 is 0 Å². The zero-order chi connectivity index (χ0) is 12.3. The van der Waals surface area contributed by atoms with Gasteiger partial charge in [-0.1, -0.05) is 22.0 Å². The maximum Gasteiger partial charge on any atom is 0.0721 e. The largest absolute Gasteiger partial charge is 0.377 e. The van der Waals surface area contributed by atoms with E-state index < -0.39 is 0 Å². The predicted octanol–water partition coefficient (Wildman–Crippen LogP) is 2.52. The summed E-state index contributed by atoms with van der Waals surface area (Å²) in [7, 11) is 0. The minimum absolute atomic E-state index is 0.280. The van der Waals surface area contributed by atoms with Crippen LogP contribution in [0.25, 0.3) is 0 Å². The molecule has 0 aromatic heterocycles. The molecule has 2 N–H and O–H groups in total. The Morgan fingerprint density at radius 1 is 1.53 bits per heavy atom. The van der Waals surface area contributed by atoms with Gasteiger partial charge in [0.15, 0.2) is 0 Å². The molecule has 4 heteroatoms. The van der Waals surface area contributed by atoms with Crippen LogP contribution in [0.15, 0.2) is 22.7 Å². The fraction of sp³-hybridized carbons (Fsp3) is 0.538. The van der Waals surface area contributed by atoms with E-state index in [1.54, 1.807) is 0 Å². The summed E-state index contributed by atoms with van der Waals surface area (Å²) >= 11 is 3.57. The molecule has 1 heterocycles. The van der Waals surface area contributed by atoms with E-state index in [2.05, 4.69) is 39.9 Å². The highest BCUT2D eigenvalue weighted by molar-refractivity contribution is 9.10. The molecule has 1 aliphatic heterocycles. The Balaban J connectivity index is 2.28. The van der Waals surface area contributed by atoms with E-state index in [4.69, 9.17) is 10.5 Å². The van der Waals surface area contributed by atoms with Crippen molar-refractivity contribution in [3.63, 3.8) is 0 Å². The summed E-state index contributed by atoms with van der Waals surface area (Å²) in [5, 5.41) is 0. The van der Waals surface area contributed by atoms with Crippen molar-refractivity contribution in [3.05, 3.63) is 28.2 Å². The molecule has 2 rings (SSSR count). The van der Waals surface area contributed by atoms with Crippen molar-refractivity contribution in [1.82, 2.24) is 0 Å². The first-order valence-corrected chi connectivity index (χ1v) is 6.85. The van der Waals surface area contributed by atoms with Gasteiger partial charge in [0.25, 0.3) is 0 Å². The fourth-order valence-corrected chi connectivity index (χ4v) is 2.78. The quantitative estimate of drug-likeness (QED) is 0.912. The highest BCUT2D eigenvalue weighted by atomic mass is 79.9. The molecule has 0 aliphatic carbocycles. The van der Waals surface area contributed by atoms with Gasteiger partial charge in [-0.25, -0.2) is 0 Å². The molecule has 1 atom stereocenters. The Morgan fingerprint density at radius 2 is 2.35 bits per heavy atom. The molecule has 0 amide bonds. The molecule has 0 radical (unpaired) electrons. The van der Waals surface area contributed by atoms with Crippen molar-refractivity contribution >= 4 is 21.6 Å². The zero-order valence-corrected chi connectivity index (χ0v) is 11.7. The van der Waals surface area contributed by atoms with E-state index in [9.17, 15) is 0 Å². The van der Waals surface area contributed by atoms with Gasteiger partial charge in [0.1, 0.15) is 0 Å². The average molecular weight is 299 g/mol. The molecule has 17 heavy (non-hydrogen) atoms. The van der Waals surface area contributed by atoms with Crippen LogP contribution in [0.2, 0.25) is 0 Å². The van der Waals surface area contributed by atoms with Crippen molar-refractivity contribution in [2.24, 2.45) is 5.73 Å². The molecule has 3 nitrogen and oxygen atoms in total. The van der Waals surface area contributed by atoms with Gasteiger partial charge in [0, 0.05) is 42.0 Å². The monoisotopic (exact) mass is 298 g/mol.